The fourth-order valence-electron chi connectivity index (χ4n) is 4.28. The number of hydrogen-bond donors (Lipinski definition) is 0. The fourth-order valence-corrected chi connectivity index (χ4v) is 5.42. The lowest BCUT2D eigenvalue weighted by Crippen LogP contribution is -2.49. The minimum absolute atomic E-state index is 0.00119. The lowest BCUT2D eigenvalue weighted by Gasteiger charge is -2.36. The van der Waals surface area contributed by atoms with Crippen molar-refractivity contribution in [1.82, 2.24) is 19.7 Å². The standard InChI is InChI=1S/C27H25ClFN5OS/c1-19-30-31-27(34(19)23-6-4-5-22(28)17-23)36-18-20-9-11-21(12-10-20)26(35)33-15-13-32(14-16-33)25-8-3-2-7-24(25)29/h2-12,17H,13-16,18H2,1H3. The quantitative estimate of drug-likeness (QED) is 0.308. The molecule has 0 atom stereocenters. The van der Waals surface area contributed by atoms with Gasteiger partial charge in [0.15, 0.2) is 5.16 Å². The van der Waals surface area contributed by atoms with Crippen molar-refractivity contribution >= 4 is 35.0 Å². The molecule has 2 heterocycles. The van der Waals surface area contributed by atoms with E-state index in [0.29, 0.717) is 48.2 Å². The minimum atomic E-state index is -0.230. The Kier molecular flexibility index (Phi) is 7.25. The molecular weight excluding hydrogens is 497 g/mol. The Morgan fingerprint density at radius 1 is 0.972 bits per heavy atom. The van der Waals surface area contributed by atoms with E-state index in [1.165, 1.54) is 6.07 Å². The van der Waals surface area contributed by atoms with Gasteiger partial charge >= 0.3 is 0 Å². The number of anilines is 1. The Morgan fingerprint density at radius 3 is 2.44 bits per heavy atom. The summed E-state index contributed by atoms with van der Waals surface area (Å²) in [4.78, 5) is 16.8. The van der Waals surface area contributed by atoms with Crippen LogP contribution < -0.4 is 4.90 Å². The highest BCUT2D eigenvalue weighted by molar-refractivity contribution is 7.98. The van der Waals surface area contributed by atoms with Gasteiger partial charge in [-0.1, -0.05) is 53.7 Å². The van der Waals surface area contributed by atoms with Gasteiger partial charge in [0.2, 0.25) is 0 Å². The van der Waals surface area contributed by atoms with Gasteiger partial charge in [-0.2, -0.15) is 0 Å². The number of hydrogen-bond acceptors (Lipinski definition) is 5. The molecule has 0 spiro atoms. The van der Waals surface area contributed by atoms with Crippen LogP contribution in [-0.4, -0.2) is 51.8 Å². The van der Waals surface area contributed by atoms with Gasteiger partial charge in [-0.15, -0.1) is 10.2 Å². The van der Waals surface area contributed by atoms with Crippen LogP contribution in [0.4, 0.5) is 10.1 Å². The molecule has 1 amide bonds. The van der Waals surface area contributed by atoms with Crippen LogP contribution >= 0.6 is 23.4 Å². The van der Waals surface area contributed by atoms with Gasteiger partial charge in [0, 0.05) is 42.5 Å². The molecule has 36 heavy (non-hydrogen) atoms. The van der Waals surface area contributed by atoms with Crippen LogP contribution in [-0.2, 0) is 5.75 Å². The van der Waals surface area contributed by atoms with E-state index in [4.69, 9.17) is 11.6 Å². The Bertz CT molecular complexity index is 1370. The van der Waals surface area contributed by atoms with Gasteiger partial charge in [-0.05, 0) is 55.0 Å². The van der Waals surface area contributed by atoms with E-state index in [-0.39, 0.29) is 11.7 Å². The zero-order valence-electron chi connectivity index (χ0n) is 19.8. The first-order valence-electron chi connectivity index (χ1n) is 11.7. The van der Waals surface area contributed by atoms with Crippen LogP contribution in [0.1, 0.15) is 21.7 Å². The molecule has 1 aliphatic rings. The molecule has 1 saturated heterocycles. The number of para-hydroxylation sites is 1. The number of thioether (sulfide) groups is 1. The molecule has 0 saturated carbocycles. The smallest absolute Gasteiger partial charge is 0.253 e. The van der Waals surface area contributed by atoms with E-state index >= 15 is 0 Å². The second kappa shape index (κ2) is 10.7. The average molecular weight is 522 g/mol. The van der Waals surface area contributed by atoms with E-state index in [2.05, 4.69) is 10.2 Å². The number of carbonyl (C=O) groups excluding carboxylic acids is 1. The van der Waals surface area contributed by atoms with Crippen molar-refractivity contribution in [3.8, 4) is 5.69 Å². The van der Waals surface area contributed by atoms with Crippen molar-refractivity contribution in [3.05, 3.63) is 101 Å². The van der Waals surface area contributed by atoms with Crippen molar-refractivity contribution in [2.45, 2.75) is 17.8 Å². The summed E-state index contributed by atoms with van der Waals surface area (Å²) < 4.78 is 16.1. The number of rotatable bonds is 6. The third-order valence-electron chi connectivity index (χ3n) is 6.19. The number of halogens is 2. The Morgan fingerprint density at radius 2 is 1.72 bits per heavy atom. The van der Waals surface area contributed by atoms with Crippen molar-refractivity contribution in [1.29, 1.82) is 0 Å². The first-order valence-corrected chi connectivity index (χ1v) is 13.0. The summed E-state index contributed by atoms with van der Waals surface area (Å²) in [5, 5.41) is 9.99. The summed E-state index contributed by atoms with van der Waals surface area (Å²) in [7, 11) is 0. The summed E-state index contributed by atoms with van der Waals surface area (Å²) in [5.74, 6) is 1.25. The molecule has 0 unspecified atom stereocenters. The van der Waals surface area contributed by atoms with Crippen LogP contribution in [0.3, 0.4) is 0 Å². The van der Waals surface area contributed by atoms with Crippen LogP contribution in [0.5, 0.6) is 0 Å². The molecule has 9 heteroatoms. The topological polar surface area (TPSA) is 54.3 Å². The van der Waals surface area contributed by atoms with E-state index in [1.54, 1.807) is 23.9 Å². The molecule has 3 aromatic carbocycles. The third-order valence-corrected chi connectivity index (χ3v) is 7.43. The maximum Gasteiger partial charge on any atom is 0.253 e. The van der Waals surface area contributed by atoms with Gasteiger partial charge < -0.3 is 9.80 Å². The van der Waals surface area contributed by atoms with Crippen LogP contribution in [0.2, 0.25) is 5.02 Å². The third kappa shape index (κ3) is 5.24. The summed E-state index contributed by atoms with van der Waals surface area (Å²) in [6, 6.07) is 22.1. The SMILES string of the molecule is Cc1nnc(SCc2ccc(C(=O)N3CCN(c4ccccc4F)CC3)cc2)n1-c1cccc(Cl)c1. The molecule has 5 rings (SSSR count). The lowest BCUT2D eigenvalue weighted by molar-refractivity contribution is 0.0746. The number of piperazine rings is 1. The fraction of sp³-hybridized carbons (Fsp3) is 0.222. The summed E-state index contributed by atoms with van der Waals surface area (Å²) in [6.07, 6.45) is 0. The number of aryl methyl sites for hydroxylation is 1. The maximum atomic E-state index is 14.1. The number of aromatic nitrogens is 3. The summed E-state index contributed by atoms with van der Waals surface area (Å²) in [5.41, 5.74) is 3.25. The van der Waals surface area contributed by atoms with Crippen molar-refractivity contribution < 1.29 is 9.18 Å². The highest BCUT2D eigenvalue weighted by atomic mass is 35.5. The molecule has 1 fully saturated rings. The number of carbonyl (C=O) groups is 1. The normalized spacial score (nSPS) is 13.8. The van der Waals surface area contributed by atoms with Gasteiger partial charge in [-0.3, -0.25) is 9.36 Å². The summed E-state index contributed by atoms with van der Waals surface area (Å²) >= 11 is 7.75. The van der Waals surface area contributed by atoms with Gasteiger partial charge in [0.25, 0.3) is 5.91 Å². The largest absolute Gasteiger partial charge is 0.366 e. The maximum absolute atomic E-state index is 14.1. The van der Waals surface area contributed by atoms with E-state index in [1.807, 2.05) is 75.9 Å². The van der Waals surface area contributed by atoms with Crippen molar-refractivity contribution in [3.63, 3.8) is 0 Å². The first-order chi connectivity index (χ1) is 17.5. The molecule has 0 bridgehead atoms. The first kappa shape index (κ1) is 24.3. The average Bonchev–Trinajstić information content (AvgIpc) is 3.28. The molecule has 1 aromatic heterocycles. The molecule has 4 aromatic rings. The zero-order valence-corrected chi connectivity index (χ0v) is 21.3. The molecule has 0 N–H and O–H groups in total. The second-order valence-electron chi connectivity index (χ2n) is 8.56. The Labute approximate surface area is 218 Å². The molecule has 6 nitrogen and oxygen atoms in total. The number of amides is 1. The van der Waals surface area contributed by atoms with E-state index in [0.717, 1.165) is 22.2 Å². The van der Waals surface area contributed by atoms with Crippen LogP contribution in [0, 0.1) is 12.7 Å². The Balaban J connectivity index is 1.19. The molecule has 0 radical (unpaired) electrons. The predicted molar refractivity (Wildman–Crippen MR) is 142 cm³/mol. The summed E-state index contributed by atoms with van der Waals surface area (Å²) in [6.45, 7) is 4.24. The molecule has 184 valence electrons. The van der Waals surface area contributed by atoms with E-state index in [9.17, 15) is 9.18 Å². The van der Waals surface area contributed by atoms with Gasteiger partial charge in [0.1, 0.15) is 11.6 Å². The minimum Gasteiger partial charge on any atom is -0.366 e. The van der Waals surface area contributed by atoms with Gasteiger partial charge in [-0.25, -0.2) is 4.39 Å². The monoisotopic (exact) mass is 521 g/mol. The van der Waals surface area contributed by atoms with Crippen LogP contribution in [0.25, 0.3) is 5.69 Å². The molecule has 1 aliphatic heterocycles. The highest BCUT2D eigenvalue weighted by Crippen LogP contribution is 2.27. The number of benzene rings is 3. The van der Waals surface area contributed by atoms with Crippen molar-refractivity contribution in [2.75, 3.05) is 31.1 Å². The number of nitrogens with zero attached hydrogens (tertiary/aromatic N) is 5. The molecule has 0 aliphatic carbocycles. The lowest BCUT2D eigenvalue weighted by atomic mass is 10.1. The predicted octanol–water partition coefficient (Wildman–Crippen LogP) is 5.62. The second-order valence-corrected chi connectivity index (χ2v) is 9.94. The Hall–Kier alpha value is -3.36. The van der Waals surface area contributed by atoms with E-state index < -0.39 is 0 Å². The highest BCUT2D eigenvalue weighted by Gasteiger charge is 2.23. The zero-order chi connectivity index (χ0) is 25.1. The van der Waals surface area contributed by atoms with Crippen molar-refractivity contribution in [2.24, 2.45) is 0 Å². The molecular formula is C27H25ClFN5OS. The van der Waals surface area contributed by atoms with Gasteiger partial charge in [0.05, 0.1) is 11.4 Å². The van der Waals surface area contributed by atoms with Crippen LogP contribution in [0.15, 0.2) is 78.0 Å².